The fourth-order valence-electron chi connectivity index (χ4n) is 5.98. The molecule has 1 saturated heterocycles. The van der Waals surface area contributed by atoms with E-state index in [0.29, 0.717) is 6.54 Å². The van der Waals surface area contributed by atoms with Gasteiger partial charge in [0.1, 0.15) is 0 Å². The fourth-order valence-corrected chi connectivity index (χ4v) is 5.98. The number of piperidine rings is 1. The van der Waals surface area contributed by atoms with Gasteiger partial charge >= 0.3 is 0 Å². The van der Waals surface area contributed by atoms with Crippen molar-refractivity contribution in [3.05, 3.63) is 64.2 Å². The van der Waals surface area contributed by atoms with Gasteiger partial charge in [0.25, 0.3) is 5.91 Å². The molecule has 2 atom stereocenters. The molecule has 2 unspecified atom stereocenters. The maximum Gasteiger partial charge on any atom is 0.254 e. The average Bonchev–Trinajstić information content (AvgIpc) is 3.22. The molecule has 166 valence electrons. The van der Waals surface area contributed by atoms with E-state index in [9.17, 15) is 9.59 Å². The molecule has 2 bridgehead atoms. The lowest BCUT2D eigenvalue weighted by Gasteiger charge is -2.61. The second-order valence-electron chi connectivity index (χ2n) is 10.3. The second-order valence-corrected chi connectivity index (χ2v) is 10.3. The van der Waals surface area contributed by atoms with Crippen LogP contribution in [0.5, 0.6) is 0 Å². The highest BCUT2D eigenvalue weighted by molar-refractivity contribution is 5.96. The molecule has 5 nitrogen and oxygen atoms in total. The van der Waals surface area contributed by atoms with Crippen LogP contribution in [-0.4, -0.2) is 35.5 Å². The van der Waals surface area contributed by atoms with Crippen molar-refractivity contribution in [3.63, 3.8) is 0 Å². The minimum atomic E-state index is -0.0487. The first-order valence-corrected chi connectivity index (χ1v) is 11.5. The first kappa shape index (κ1) is 20.9. The van der Waals surface area contributed by atoms with Gasteiger partial charge in [-0.25, -0.2) is 0 Å². The van der Waals surface area contributed by atoms with Gasteiger partial charge in [-0.1, -0.05) is 39.0 Å². The number of nitrogens with zero attached hydrogens (tertiary/aromatic N) is 2. The highest BCUT2D eigenvalue weighted by atomic mass is 16.2. The molecule has 1 N–H and O–H groups in total. The van der Waals surface area contributed by atoms with Gasteiger partial charge < -0.3 is 10.2 Å². The molecule has 2 heterocycles. The number of amides is 2. The van der Waals surface area contributed by atoms with Gasteiger partial charge in [-0.05, 0) is 58.7 Å². The summed E-state index contributed by atoms with van der Waals surface area (Å²) in [6.45, 7) is 9.85. The van der Waals surface area contributed by atoms with E-state index in [4.69, 9.17) is 0 Å². The van der Waals surface area contributed by atoms with Crippen LogP contribution in [-0.2, 0) is 29.6 Å². The average molecular weight is 430 g/mol. The van der Waals surface area contributed by atoms with Crippen LogP contribution in [0.25, 0.3) is 0 Å². The number of carbonyl (C=O) groups excluding carboxylic acids is 2. The van der Waals surface area contributed by atoms with Crippen LogP contribution >= 0.6 is 0 Å². The van der Waals surface area contributed by atoms with E-state index in [0.717, 1.165) is 48.2 Å². The van der Waals surface area contributed by atoms with Gasteiger partial charge in [0.15, 0.2) is 0 Å². The zero-order chi connectivity index (χ0) is 22.7. The number of aliphatic imine (C=N–C) groups is 1. The van der Waals surface area contributed by atoms with E-state index in [1.54, 1.807) is 6.92 Å². The number of hydrogen-bond acceptors (Lipinski definition) is 3. The zero-order valence-corrected chi connectivity index (χ0v) is 19.4. The van der Waals surface area contributed by atoms with Crippen molar-refractivity contribution in [3.8, 4) is 0 Å². The summed E-state index contributed by atoms with van der Waals surface area (Å²) in [5, 5.41) is 2.90. The summed E-state index contributed by atoms with van der Waals surface area (Å²) in [6, 6.07) is 12.7. The van der Waals surface area contributed by atoms with E-state index in [1.165, 1.54) is 11.1 Å². The summed E-state index contributed by atoms with van der Waals surface area (Å²) < 4.78 is 0. The van der Waals surface area contributed by atoms with Gasteiger partial charge in [0.2, 0.25) is 5.91 Å². The normalized spacial score (nSPS) is 24.6. The monoisotopic (exact) mass is 429 g/mol. The number of benzene rings is 2. The molecule has 1 aliphatic carbocycles. The Hall–Kier alpha value is -2.95. The minimum Gasteiger partial charge on any atom is -0.352 e. The van der Waals surface area contributed by atoms with E-state index in [2.05, 4.69) is 54.2 Å². The van der Waals surface area contributed by atoms with E-state index in [-0.39, 0.29) is 28.7 Å². The third-order valence-corrected chi connectivity index (χ3v) is 8.33. The Kier molecular flexibility index (Phi) is 4.77. The molecular formula is C27H31N3O2. The molecule has 2 amide bonds. The standard InChI is InChI=1S/C27H31N3O2/c1-17(31)29-16-18-5-7-22-21(13-18)15-24-26(2,3)27(22,4)10-12-30(24)25(32)20-6-8-23-19(14-20)9-11-28-23/h5-8,11,13-14,24H,9-10,12,15-16H2,1-4H3,(H,29,31). The van der Waals surface area contributed by atoms with Gasteiger partial charge in [-0.15, -0.1) is 0 Å². The van der Waals surface area contributed by atoms with Crippen molar-refractivity contribution < 1.29 is 9.59 Å². The lowest BCUT2D eigenvalue weighted by atomic mass is 9.51. The highest BCUT2D eigenvalue weighted by Gasteiger charge is 2.56. The van der Waals surface area contributed by atoms with Crippen LogP contribution in [0.1, 0.15) is 66.7 Å². The second kappa shape index (κ2) is 7.29. The van der Waals surface area contributed by atoms with E-state index in [1.807, 2.05) is 24.4 Å². The number of fused-ring (bicyclic) bond motifs is 5. The number of hydrogen-bond donors (Lipinski definition) is 1. The Morgan fingerprint density at radius 1 is 1.12 bits per heavy atom. The largest absolute Gasteiger partial charge is 0.352 e. The molecule has 0 spiro atoms. The van der Waals surface area contributed by atoms with Crippen molar-refractivity contribution in [1.29, 1.82) is 0 Å². The van der Waals surface area contributed by atoms with E-state index < -0.39 is 0 Å². The number of likely N-dealkylation sites (tertiary alicyclic amines) is 1. The van der Waals surface area contributed by atoms with Gasteiger partial charge in [-0.2, -0.15) is 0 Å². The molecule has 2 aliphatic heterocycles. The Balaban J connectivity index is 1.49. The molecular weight excluding hydrogens is 398 g/mol. The lowest BCUT2D eigenvalue weighted by molar-refractivity contribution is -0.119. The van der Waals surface area contributed by atoms with Crippen LogP contribution < -0.4 is 5.32 Å². The zero-order valence-electron chi connectivity index (χ0n) is 19.4. The molecule has 0 saturated carbocycles. The molecule has 5 rings (SSSR count). The van der Waals surface area contributed by atoms with Gasteiger partial charge in [-0.3, -0.25) is 14.6 Å². The molecule has 0 radical (unpaired) electrons. The SMILES string of the molecule is CC(=O)NCc1ccc2c(c1)CC1N(C(=O)c3ccc4c(c3)CC=N4)CCC2(C)C1(C)C. The molecule has 5 heteroatoms. The van der Waals surface area contributed by atoms with Crippen LogP contribution in [0, 0.1) is 5.41 Å². The maximum atomic E-state index is 13.7. The van der Waals surface area contributed by atoms with Crippen molar-refractivity contribution in [2.45, 2.75) is 65.0 Å². The molecule has 2 aromatic carbocycles. The summed E-state index contributed by atoms with van der Waals surface area (Å²) in [7, 11) is 0. The van der Waals surface area contributed by atoms with Gasteiger partial charge in [0.05, 0.1) is 5.69 Å². The summed E-state index contributed by atoms with van der Waals surface area (Å²) in [5.41, 5.74) is 6.63. The van der Waals surface area contributed by atoms with Crippen molar-refractivity contribution >= 4 is 23.7 Å². The molecule has 0 aromatic heterocycles. The lowest BCUT2D eigenvalue weighted by Crippen LogP contribution is -2.64. The van der Waals surface area contributed by atoms with Gasteiger partial charge in [0, 0.05) is 49.7 Å². The van der Waals surface area contributed by atoms with Crippen LogP contribution in [0.15, 0.2) is 41.4 Å². The smallest absolute Gasteiger partial charge is 0.254 e. The summed E-state index contributed by atoms with van der Waals surface area (Å²) in [4.78, 5) is 31.5. The fraction of sp³-hybridized carbons (Fsp3) is 0.444. The van der Waals surface area contributed by atoms with Crippen LogP contribution in [0.2, 0.25) is 0 Å². The molecule has 3 aliphatic rings. The molecule has 1 fully saturated rings. The summed E-state index contributed by atoms with van der Waals surface area (Å²) in [6.07, 6.45) is 4.48. The topological polar surface area (TPSA) is 61.8 Å². The third-order valence-electron chi connectivity index (χ3n) is 8.33. The predicted octanol–water partition coefficient (Wildman–Crippen LogP) is 4.34. The van der Waals surface area contributed by atoms with Crippen molar-refractivity contribution in [2.75, 3.05) is 6.54 Å². The quantitative estimate of drug-likeness (QED) is 0.789. The molecule has 32 heavy (non-hydrogen) atoms. The first-order valence-electron chi connectivity index (χ1n) is 11.5. The number of carbonyl (C=O) groups is 2. The first-order chi connectivity index (χ1) is 15.2. The summed E-state index contributed by atoms with van der Waals surface area (Å²) >= 11 is 0. The molecule has 2 aromatic rings. The predicted molar refractivity (Wildman–Crippen MR) is 127 cm³/mol. The minimum absolute atomic E-state index is 0.000337. The number of rotatable bonds is 3. The Morgan fingerprint density at radius 2 is 1.94 bits per heavy atom. The van der Waals surface area contributed by atoms with E-state index >= 15 is 0 Å². The Morgan fingerprint density at radius 3 is 2.72 bits per heavy atom. The highest BCUT2D eigenvalue weighted by Crippen LogP contribution is 2.56. The van der Waals surface area contributed by atoms with Crippen LogP contribution in [0.4, 0.5) is 5.69 Å². The summed E-state index contributed by atoms with van der Waals surface area (Å²) in [5.74, 6) is 0.0990. The van der Waals surface area contributed by atoms with Crippen LogP contribution in [0.3, 0.4) is 0 Å². The Labute approximate surface area is 189 Å². The third kappa shape index (κ3) is 3.09. The number of nitrogens with one attached hydrogen (secondary N) is 1. The van der Waals surface area contributed by atoms with Crippen molar-refractivity contribution in [1.82, 2.24) is 10.2 Å². The Bertz CT molecular complexity index is 1150. The maximum absolute atomic E-state index is 13.7. The van der Waals surface area contributed by atoms with Crippen molar-refractivity contribution in [2.24, 2.45) is 10.4 Å².